The Morgan fingerprint density at radius 2 is 2.17 bits per heavy atom. The van der Waals surface area contributed by atoms with Gasteiger partial charge < -0.3 is 10.9 Å². The summed E-state index contributed by atoms with van der Waals surface area (Å²) in [5.41, 5.74) is 5.81. The molecule has 0 aliphatic heterocycles. The molecule has 0 saturated carbocycles. The average molecular weight is 261 g/mol. The molecule has 0 radical (unpaired) electrons. The maximum absolute atomic E-state index is 13.6. The molecule has 7 heteroatoms. The number of hydrogen-bond donors (Lipinski definition) is 2. The molecular formula is C11H14F3N3O. The van der Waals surface area contributed by atoms with Crippen molar-refractivity contribution in [3.8, 4) is 0 Å². The Morgan fingerprint density at radius 3 is 2.67 bits per heavy atom. The van der Waals surface area contributed by atoms with Crippen LogP contribution in [-0.4, -0.2) is 36.0 Å². The van der Waals surface area contributed by atoms with E-state index >= 15 is 0 Å². The van der Waals surface area contributed by atoms with Crippen LogP contribution in [0, 0.1) is 5.82 Å². The summed E-state index contributed by atoms with van der Waals surface area (Å²) in [6, 6.07) is 3.98. The molecule has 0 atom stereocenters. The maximum atomic E-state index is 13.6. The monoisotopic (exact) mass is 261 g/mol. The zero-order valence-electron chi connectivity index (χ0n) is 9.78. The van der Waals surface area contributed by atoms with Crippen molar-refractivity contribution in [1.29, 1.82) is 0 Å². The molecule has 0 aromatic heterocycles. The number of nitrogens with two attached hydrogens (primary N) is 1. The summed E-state index contributed by atoms with van der Waals surface area (Å²) in [6.07, 6.45) is -2.46. The Balaban J connectivity index is 2.80. The van der Waals surface area contributed by atoms with E-state index in [4.69, 9.17) is 10.9 Å². The third-order valence-electron chi connectivity index (χ3n) is 2.35. The van der Waals surface area contributed by atoms with Crippen molar-refractivity contribution in [3.63, 3.8) is 0 Å². The summed E-state index contributed by atoms with van der Waals surface area (Å²) in [7, 11) is 1.48. The lowest BCUT2D eigenvalue weighted by molar-refractivity contribution is 0.0971. The Kier molecular flexibility index (Phi) is 4.96. The van der Waals surface area contributed by atoms with E-state index in [2.05, 4.69) is 5.16 Å². The van der Waals surface area contributed by atoms with Gasteiger partial charge in [-0.3, -0.25) is 4.90 Å². The molecule has 0 unspecified atom stereocenters. The first-order valence-corrected chi connectivity index (χ1v) is 5.17. The van der Waals surface area contributed by atoms with Crippen LogP contribution in [0.4, 0.5) is 13.2 Å². The molecule has 0 aliphatic rings. The van der Waals surface area contributed by atoms with E-state index in [9.17, 15) is 13.2 Å². The van der Waals surface area contributed by atoms with Crippen LogP contribution in [-0.2, 0) is 6.54 Å². The van der Waals surface area contributed by atoms with Crippen molar-refractivity contribution in [2.45, 2.75) is 13.0 Å². The minimum absolute atomic E-state index is 0.0621. The van der Waals surface area contributed by atoms with Crippen LogP contribution in [0.25, 0.3) is 0 Å². The molecule has 100 valence electrons. The molecule has 1 aromatic rings. The van der Waals surface area contributed by atoms with Crippen molar-refractivity contribution in [3.05, 3.63) is 35.1 Å². The standard InChI is InChI=1S/C11H14F3N3O/c1-17(6-10(13)14)5-8-3-2-7(4-9(8)12)11(15)16-18/h2-4,10,18H,5-6H2,1H3,(H2,15,16). The fourth-order valence-corrected chi connectivity index (χ4v) is 1.48. The summed E-state index contributed by atoms with van der Waals surface area (Å²) in [5, 5.41) is 11.2. The maximum Gasteiger partial charge on any atom is 0.251 e. The van der Waals surface area contributed by atoms with Gasteiger partial charge in [0.05, 0.1) is 6.54 Å². The first kappa shape index (κ1) is 14.3. The molecular weight excluding hydrogens is 247 g/mol. The summed E-state index contributed by atoms with van der Waals surface area (Å²) < 4.78 is 37.9. The van der Waals surface area contributed by atoms with Crippen LogP contribution in [0.3, 0.4) is 0 Å². The highest BCUT2D eigenvalue weighted by molar-refractivity contribution is 5.97. The van der Waals surface area contributed by atoms with E-state index in [0.29, 0.717) is 0 Å². The Labute approximate surface area is 102 Å². The number of hydrogen-bond acceptors (Lipinski definition) is 3. The molecule has 0 saturated heterocycles. The normalized spacial score (nSPS) is 12.4. The Morgan fingerprint density at radius 1 is 1.50 bits per heavy atom. The van der Waals surface area contributed by atoms with Gasteiger partial charge in [-0.2, -0.15) is 0 Å². The predicted octanol–water partition coefficient (Wildman–Crippen LogP) is 1.62. The third kappa shape index (κ3) is 3.92. The average Bonchev–Trinajstić information content (AvgIpc) is 2.29. The van der Waals surface area contributed by atoms with Gasteiger partial charge in [0.25, 0.3) is 6.43 Å². The second-order valence-electron chi connectivity index (χ2n) is 3.88. The summed E-state index contributed by atoms with van der Waals surface area (Å²) >= 11 is 0. The lowest BCUT2D eigenvalue weighted by Crippen LogP contribution is -2.24. The molecule has 18 heavy (non-hydrogen) atoms. The summed E-state index contributed by atoms with van der Waals surface area (Å²) in [4.78, 5) is 1.31. The van der Waals surface area contributed by atoms with E-state index in [1.165, 1.54) is 24.1 Å². The third-order valence-corrected chi connectivity index (χ3v) is 2.35. The second kappa shape index (κ2) is 6.25. The van der Waals surface area contributed by atoms with Crippen molar-refractivity contribution >= 4 is 5.84 Å². The molecule has 0 bridgehead atoms. The molecule has 0 amide bonds. The van der Waals surface area contributed by atoms with E-state index < -0.39 is 18.8 Å². The molecule has 4 nitrogen and oxygen atoms in total. The minimum atomic E-state index is -2.46. The summed E-state index contributed by atoms with van der Waals surface area (Å²) in [6.45, 7) is -0.367. The number of amidine groups is 1. The van der Waals surface area contributed by atoms with Crippen LogP contribution in [0.2, 0.25) is 0 Å². The Hall–Kier alpha value is -1.76. The number of benzene rings is 1. The first-order chi connectivity index (χ1) is 8.43. The van der Waals surface area contributed by atoms with Crippen molar-refractivity contribution in [2.75, 3.05) is 13.6 Å². The van der Waals surface area contributed by atoms with Crippen LogP contribution < -0.4 is 5.73 Å². The number of rotatable bonds is 5. The van der Waals surface area contributed by atoms with Crippen molar-refractivity contribution in [1.82, 2.24) is 4.90 Å². The molecule has 0 spiro atoms. The number of nitrogens with zero attached hydrogens (tertiary/aromatic N) is 2. The van der Waals surface area contributed by atoms with Crippen LogP contribution in [0.15, 0.2) is 23.4 Å². The molecule has 0 aliphatic carbocycles. The zero-order valence-corrected chi connectivity index (χ0v) is 9.78. The summed E-state index contributed by atoms with van der Waals surface area (Å²) in [5.74, 6) is -0.790. The molecule has 1 aromatic carbocycles. The lowest BCUT2D eigenvalue weighted by atomic mass is 10.1. The van der Waals surface area contributed by atoms with E-state index in [-0.39, 0.29) is 23.5 Å². The second-order valence-corrected chi connectivity index (χ2v) is 3.88. The lowest BCUT2D eigenvalue weighted by Gasteiger charge is -2.16. The topological polar surface area (TPSA) is 61.8 Å². The minimum Gasteiger partial charge on any atom is -0.409 e. The highest BCUT2D eigenvalue weighted by Crippen LogP contribution is 2.13. The van der Waals surface area contributed by atoms with Gasteiger partial charge in [0.2, 0.25) is 0 Å². The van der Waals surface area contributed by atoms with E-state index in [1.807, 2.05) is 0 Å². The highest BCUT2D eigenvalue weighted by Gasteiger charge is 2.11. The molecule has 1 rings (SSSR count). The van der Waals surface area contributed by atoms with Gasteiger partial charge in [-0.05, 0) is 13.1 Å². The number of oxime groups is 1. The van der Waals surface area contributed by atoms with Gasteiger partial charge >= 0.3 is 0 Å². The number of halogens is 3. The van der Waals surface area contributed by atoms with E-state index in [0.717, 1.165) is 6.07 Å². The zero-order chi connectivity index (χ0) is 13.7. The van der Waals surface area contributed by atoms with Crippen LogP contribution >= 0.6 is 0 Å². The smallest absolute Gasteiger partial charge is 0.251 e. The molecule has 3 N–H and O–H groups in total. The van der Waals surface area contributed by atoms with Crippen molar-refractivity contribution in [2.24, 2.45) is 10.9 Å². The van der Waals surface area contributed by atoms with Crippen molar-refractivity contribution < 1.29 is 18.4 Å². The number of alkyl halides is 2. The van der Waals surface area contributed by atoms with Gasteiger partial charge in [-0.1, -0.05) is 17.3 Å². The van der Waals surface area contributed by atoms with Crippen LogP contribution in [0.5, 0.6) is 0 Å². The highest BCUT2D eigenvalue weighted by atomic mass is 19.3. The Bertz CT molecular complexity index is 438. The quantitative estimate of drug-likeness (QED) is 0.366. The van der Waals surface area contributed by atoms with Gasteiger partial charge in [-0.15, -0.1) is 0 Å². The largest absolute Gasteiger partial charge is 0.409 e. The predicted molar refractivity (Wildman–Crippen MR) is 61.2 cm³/mol. The fourth-order valence-electron chi connectivity index (χ4n) is 1.48. The van der Waals surface area contributed by atoms with Gasteiger partial charge in [0, 0.05) is 17.7 Å². The fraction of sp³-hybridized carbons (Fsp3) is 0.364. The molecule has 0 fully saturated rings. The van der Waals surface area contributed by atoms with Gasteiger partial charge in [-0.25, -0.2) is 13.2 Å². The van der Waals surface area contributed by atoms with Gasteiger partial charge in [0.15, 0.2) is 5.84 Å². The van der Waals surface area contributed by atoms with Crippen LogP contribution in [0.1, 0.15) is 11.1 Å². The first-order valence-electron chi connectivity index (χ1n) is 5.17. The molecule has 0 heterocycles. The van der Waals surface area contributed by atoms with Gasteiger partial charge in [0.1, 0.15) is 5.82 Å². The van der Waals surface area contributed by atoms with E-state index in [1.54, 1.807) is 0 Å². The SMILES string of the molecule is CN(Cc1ccc(/C(N)=N/O)cc1F)CC(F)F.